The largest absolute Gasteiger partial charge is 0.442 e. The molecule has 1 atom stereocenters. The molecule has 2 aromatic rings. The Labute approximate surface area is 153 Å². The zero-order valence-electron chi connectivity index (χ0n) is 14.0. The molecule has 140 valence electrons. The Balaban J connectivity index is 1.65. The molecule has 9 heteroatoms. The van der Waals surface area contributed by atoms with Crippen LogP contribution < -0.4 is 0 Å². The topological polar surface area (TPSA) is 51.0 Å². The zero-order chi connectivity index (χ0) is 18.6. The van der Waals surface area contributed by atoms with Crippen molar-refractivity contribution in [2.24, 2.45) is 0 Å². The average molecular weight is 384 g/mol. The Hall–Kier alpha value is -2.03. The minimum absolute atomic E-state index is 0.0282. The van der Waals surface area contributed by atoms with Crippen molar-refractivity contribution >= 4 is 17.7 Å². The normalized spacial score (nSPS) is 18.1. The van der Waals surface area contributed by atoms with Crippen molar-refractivity contribution in [2.75, 3.05) is 18.8 Å². The van der Waals surface area contributed by atoms with Crippen LogP contribution in [-0.2, 0) is 11.3 Å². The number of nitrogens with zero attached hydrogens (tertiary/aromatic N) is 4. The van der Waals surface area contributed by atoms with E-state index in [9.17, 15) is 18.0 Å². The Kier molecular flexibility index (Phi) is 5.85. The van der Waals surface area contributed by atoms with Gasteiger partial charge in [0.25, 0.3) is 0 Å². The lowest BCUT2D eigenvalue weighted by atomic mass is 9.97. The van der Waals surface area contributed by atoms with E-state index in [0.717, 1.165) is 24.2 Å². The third kappa shape index (κ3) is 5.00. The fourth-order valence-electron chi connectivity index (χ4n) is 3.15. The predicted octanol–water partition coefficient (Wildman–Crippen LogP) is 3.29. The van der Waals surface area contributed by atoms with Gasteiger partial charge >= 0.3 is 5.51 Å². The van der Waals surface area contributed by atoms with Gasteiger partial charge in [0.2, 0.25) is 5.91 Å². The van der Waals surface area contributed by atoms with Gasteiger partial charge in [-0.1, -0.05) is 0 Å². The van der Waals surface area contributed by atoms with Gasteiger partial charge in [-0.25, -0.2) is 4.98 Å². The second kappa shape index (κ2) is 8.11. The minimum atomic E-state index is -4.38. The highest BCUT2D eigenvalue weighted by molar-refractivity contribution is 8.00. The Morgan fingerprint density at radius 2 is 2.04 bits per heavy atom. The number of carbonyl (C=O) groups is 1. The lowest BCUT2D eigenvalue weighted by molar-refractivity contribution is -0.129. The molecule has 0 aliphatic carbocycles. The van der Waals surface area contributed by atoms with Crippen molar-refractivity contribution in [3.05, 3.63) is 48.3 Å². The number of alkyl halides is 3. The Morgan fingerprint density at radius 3 is 2.77 bits per heavy atom. The van der Waals surface area contributed by atoms with E-state index in [0.29, 0.717) is 19.6 Å². The van der Waals surface area contributed by atoms with Crippen molar-refractivity contribution in [3.8, 4) is 0 Å². The third-order valence-electron chi connectivity index (χ3n) is 4.35. The molecule has 0 bridgehead atoms. The molecule has 3 rings (SSSR count). The smallest absolute Gasteiger partial charge is 0.341 e. The number of pyridine rings is 1. The molecule has 26 heavy (non-hydrogen) atoms. The molecule has 2 aromatic heterocycles. The number of rotatable bonds is 5. The first kappa shape index (κ1) is 18.8. The van der Waals surface area contributed by atoms with Gasteiger partial charge in [0, 0.05) is 50.3 Å². The first-order valence-corrected chi connectivity index (χ1v) is 9.29. The molecule has 1 aliphatic heterocycles. The predicted molar refractivity (Wildman–Crippen MR) is 92.6 cm³/mol. The van der Waals surface area contributed by atoms with E-state index in [1.807, 2.05) is 22.9 Å². The van der Waals surface area contributed by atoms with Crippen LogP contribution in [0.1, 0.15) is 30.1 Å². The SMILES string of the molecule is O=C(CSC(F)(F)F)N1CCCC(c2nccn2Cc2ccncc2)C1. The number of carbonyl (C=O) groups excluding carboxylic acids is 1. The van der Waals surface area contributed by atoms with Crippen LogP contribution in [-0.4, -0.2) is 49.7 Å². The molecule has 5 nitrogen and oxygen atoms in total. The number of aromatic nitrogens is 3. The first-order valence-electron chi connectivity index (χ1n) is 8.31. The third-order valence-corrected chi connectivity index (χ3v) is 5.07. The van der Waals surface area contributed by atoms with Crippen molar-refractivity contribution in [1.29, 1.82) is 0 Å². The summed E-state index contributed by atoms with van der Waals surface area (Å²) in [7, 11) is 0. The minimum Gasteiger partial charge on any atom is -0.341 e. The molecule has 0 N–H and O–H groups in total. The maximum atomic E-state index is 12.3. The van der Waals surface area contributed by atoms with Gasteiger partial charge in [-0.3, -0.25) is 9.78 Å². The van der Waals surface area contributed by atoms with Crippen molar-refractivity contribution in [2.45, 2.75) is 30.8 Å². The second-order valence-electron chi connectivity index (χ2n) is 6.18. The maximum absolute atomic E-state index is 12.3. The highest BCUT2D eigenvalue weighted by Gasteiger charge is 2.32. The number of imidazole rings is 1. The number of hydrogen-bond acceptors (Lipinski definition) is 4. The summed E-state index contributed by atoms with van der Waals surface area (Å²) in [5, 5.41) is 0. The number of thioether (sulfide) groups is 1. The number of hydrogen-bond donors (Lipinski definition) is 0. The summed E-state index contributed by atoms with van der Waals surface area (Å²) in [4.78, 5) is 22.1. The van der Waals surface area contributed by atoms with Crippen LogP contribution >= 0.6 is 11.8 Å². The molecule has 1 unspecified atom stereocenters. The van der Waals surface area contributed by atoms with E-state index < -0.39 is 17.2 Å². The molecular weight excluding hydrogens is 365 g/mol. The molecule has 0 saturated carbocycles. The quantitative estimate of drug-likeness (QED) is 0.794. The van der Waals surface area contributed by atoms with E-state index in [2.05, 4.69) is 9.97 Å². The summed E-state index contributed by atoms with van der Waals surface area (Å²) in [6.07, 6.45) is 8.68. The van der Waals surface area contributed by atoms with E-state index >= 15 is 0 Å². The fourth-order valence-corrected chi connectivity index (χ4v) is 3.62. The lowest BCUT2D eigenvalue weighted by Crippen LogP contribution is -2.41. The first-order chi connectivity index (χ1) is 12.4. The van der Waals surface area contributed by atoms with Gasteiger partial charge in [-0.05, 0) is 42.3 Å². The molecule has 3 heterocycles. The molecule has 0 radical (unpaired) electrons. The second-order valence-corrected chi connectivity index (χ2v) is 7.22. The molecule has 1 aliphatic rings. The van der Waals surface area contributed by atoms with Gasteiger partial charge in [0.15, 0.2) is 0 Å². The summed E-state index contributed by atoms with van der Waals surface area (Å²) >= 11 is -0.279. The molecule has 0 spiro atoms. The van der Waals surface area contributed by atoms with Crippen LogP contribution in [0.25, 0.3) is 0 Å². The van der Waals surface area contributed by atoms with Gasteiger partial charge in [0.05, 0.1) is 5.75 Å². The van der Waals surface area contributed by atoms with Gasteiger partial charge in [-0.15, -0.1) is 0 Å². The van der Waals surface area contributed by atoms with Crippen molar-refractivity contribution in [1.82, 2.24) is 19.4 Å². The maximum Gasteiger partial charge on any atom is 0.442 e. The summed E-state index contributed by atoms with van der Waals surface area (Å²) in [6, 6.07) is 3.85. The van der Waals surface area contributed by atoms with Gasteiger partial charge in [0.1, 0.15) is 5.82 Å². The van der Waals surface area contributed by atoms with Crippen LogP contribution in [0.3, 0.4) is 0 Å². The summed E-state index contributed by atoms with van der Waals surface area (Å²) in [5.41, 5.74) is -3.30. The Bertz CT molecular complexity index is 735. The number of piperidine rings is 1. The summed E-state index contributed by atoms with van der Waals surface area (Å²) in [6.45, 7) is 1.55. The van der Waals surface area contributed by atoms with Crippen molar-refractivity contribution in [3.63, 3.8) is 0 Å². The van der Waals surface area contributed by atoms with Crippen LogP contribution in [0, 0.1) is 0 Å². The van der Waals surface area contributed by atoms with Gasteiger partial charge in [-0.2, -0.15) is 13.2 Å². The number of likely N-dealkylation sites (tertiary alicyclic amines) is 1. The average Bonchev–Trinajstić information content (AvgIpc) is 3.08. The van der Waals surface area contributed by atoms with Crippen LogP contribution in [0.15, 0.2) is 36.9 Å². The summed E-state index contributed by atoms with van der Waals surface area (Å²) in [5.74, 6) is -0.144. The van der Waals surface area contributed by atoms with E-state index in [4.69, 9.17) is 0 Å². The zero-order valence-corrected chi connectivity index (χ0v) is 14.8. The monoisotopic (exact) mass is 384 g/mol. The van der Waals surface area contributed by atoms with E-state index in [-0.39, 0.29) is 17.7 Å². The van der Waals surface area contributed by atoms with Gasteiger partial charge < -0.3 is 9.47 Å². The van der Waals surface area contributed by atoms with Crippen LogP contribution in [0.4, 0.5) is 13.2 Å². The van der Waals surface area contributed by atoms with E-state index in [1.165, 1.54) is 4.90 Å². The number of amides is 1. The molecule has 0 aromatic carbocycles. The fraction of sp³-hybridized carbons (Fsp3) is 0.471. The standard InChI is InChI=1S/C17H19F3N4OS/c18-17(19,20)26-12-15(25)23-8-1-2-14(11-23)16-22-7-9-24(16)10-13-3-5-21-6-4-13/h3-7,9,14H,1-2,8,10-12H2. The highest BCUT2D eigenvalue weighted by Crippen LogP contribution is 2.31. The highest BCUT2D eigenvalue weighted by atomic mass is 32.2. The number of halogens is 3. The Morgan fingerprint density at radius 1 is 1.27 bits per heavy atom. The van der Waals surface area contributed by atoms with E-state index in [1.54, 1.807) is 18.6 Å². The van der Waals surface area contributed by atoms with Crippen LogP contribution in [0.2, 0.25) is 0 Å². The molecule has 1 amide bonds. The van der Waals surface area contributed by atoms with Crippen LogP contribution in [0.5, 0.6) is 0 Å². The lowest BCUT2D eigenvalue weighted by Gasteiger charge is -2.32. The molecular formula is C17H19F3N4OS. The molecule has 1 saturated heterocycles. The van der Waals surface area contributed by atoms with Crippen molar-refractivity contribution < 1.29 is 18.0 Å². The molecule has 1 fully saturated rings. The summed E-state index contributed by atoms with van der Waals surface area (Å²) < 4.78 is 39.0.